The Morgan fingerprint density at radius 2 is 2.05 bits per heavy atom. The maximum atomic E-state index is 12.5. The van der Waals surface area contributed by atoms with Gasteiger partial charge in [-0.1, -0.05) is 29.8 Å². The molecule has 0 aliphatic carbocycles. The number of pyridine rings is 1. The van der Waals surface area contributed by atoms with Crippen LogP contribution in [0, 0.1) is 11.3 Å². The van der Waals surface area contributed by atoms with Crippen LogP contribution in [0.15, 0.2) is 42.5 Å². The molecular weight excluding hydrogens is 300 g/mol. The van der Waals surface area contributed by atoms with Crippen molar-refractivity contribution in [1.29, 1.82) is 5.26 Å². The number of halogens is 1. The maximum absolute atomic E-state index is 12.5. The zero-order valence-corrected chi connectivity index (χ0v) is 12.4. The molecule has 0 bridgehead atoms. The van der Waals surface area contributed by atoms with E-state index in [4.69, 9.17) is 16.9 Å². The van der Waals surface area contributed by atoms with Gasteiger partial charge >= 0.3 is 0 Å². The molecule has 1 amide bonds. The molecule has 1 aliphatic rings. The lowest BCUT2D eigenvalue weighted by Crippen LogP contribution is -2.33. The largest absolute Gasteiger partial charge is 0.358 e. The Morgan fingerprint density at radius 1 is 1.27 bits per heavy atom. The van der Waals surface area contributed by atoms with Crippen LogP contribution in [0.5, 0.6) is 0 Å². The summed E-state index contributed by atoms with van der Waals surface area (Å²) in [5.41, 5.74) is 1.04. The second-order valence-electron chi connectivity index (χ2n) is 4.95. The highest BCUT2D eigenvalue weighted by Crippen LogP contribution is 2.24. The fourth-order valence-corrected chi connectivity index (χ4v) is 2.61. The SMILES string of the molecule is N#Cc1nc(NC2CCN(c3ccccc3)C2=O)ccc1Cl. The minimum atomic E-state index is -0.347. The number of benzene rings is 1. The molecule has 6 heteroatoms. The summed E-state index contributed by atoms with van der Waals surface area (Å²) in [5.74, 6) is 0.482. The second-order valence-corrected chi connectivity index (χ2v) is 5.36. The van der Waals surface area contributed by atoms with Gasteiger partial charge in [0.2, 0.25) is 5.91 Å². The van der Waals surface area contributed by atoms with Crippen LogP contribution < -0.4 is 10.2 Å². The van der Waals surface area contributed by atoms with Crippen molar-refractivity contribution in [2.24, 2.45) is 0 Å². The first-order valence-corrected chi connectivity index (χ1v) is 7.26. The minimum absolute atomic E-state index is 0.00135. The summed E-state index contributed by atoms with van der Waals surface area (Å²) < 4.78 is 0. The van der Waals surface area contributed by atoms with Gasteiger partial charge in [-0.25, -0.2) is 4.98 Å². The summed E-state index contributed by atoms with van der Waals surface area (Å²) >= 11 is 5.86. The van der Waals surface area contributed by atoms with Crippen molar-refractivity contribution in [2.45, 2.75) is 12.5 Å². The molecule has 2 heterocycles. The summed E-state index contributed by atoms with van der Waals surface area (Å²) in [6.07, 6.45) is 0.680. The van der Waals surface area contributed by atoms with Gasteiger partial charge in [0, 0.05) is 12.2 Å². The van der Waals surface area contributed by atoms with Crippen LogP contribution in [0.3, 0.4) is 0 Å². The van der Waals surface area contributed by atoms with Crippen LogP contribution >= 0.6 is 11.6 Å². The molecule has 0 radical (unpaired) electrons. The Hall–Kier alpha value is -2.58. The summed E-state index contributed by atoms with van der Waals surface area (Å²) in [7, 11) is 0. The average molecular weight is 313 g/mol. The Balaban J connectivity index is 1.75. The summed E-state index contributed by atoms with van der Waals surface area (Å²) in [6, 6.07) is 14.4. The molecule has 5 nitrogen and oxygen atoms in total. The second kappa shape index (κ2) is 6.04. The Bertz CT molecular complexity index is 742. The van der Waals surface area contributed by atoms with E-state index in [0.29, 0.717) is 23.8 Å². The molecule has 110 valence electrons. The highest BCUT2D eigenvalue weighted by atomic mass is 35.5. The highest BCUT2D eigenvalue weighted by molar-refractivity contribution is 6.31. The molecule has 3 rings (SSSR count). The first kappa shape index (κ1) is 14.4. The molecule has 1 aromatic heterocycles. The van der Waals surface area contributed by atoms with Crippen molar-refractivity contribution in [3.63, 3.8) is 0 Å². The third-order valence-corrected chi connectivity index (χ3v) is 3.85. The lowest BCUT2D eigenvalue weighted by atomic mass is 10.2. The molecule has 1 aromatic carbocycles. The zero-order chi connectivity index (χ0) is 15.5. The van der Waals surface area contributed by atoms with E-state index in [1.54, 1.807) is 17.0 Å². The van der Waals surface area contributed by atoms with Crippen LogP contribution in [0.25, 0.3) is 0 Å². The molecule has 1 N–H and O–H groups in total. The van der Waals surface area contributed by atoms with E-state index in [0.717, 1.165) is 5.69 Å². The van der Waals surface area contributed by atoms with Crippen LogP contribution in [0.2, 0.25) is 5.02 Å². The molecular formula is C16H13ClN4O. The summed E-state index contributed by atoms with van der Waals surface area (Å²) in [4.78, 5) is 18.3. The Morgan fingerprint density at radius 3 is 2.77 bits per heavy atom. The molecule has 0 saturated carbocycles. The fourth-order valence-electron chi connectivity index (χ4n) is 2.46. The minimum Gasteiger partial charge on any atom is -0.358 e. The van der Waals surface area contributed by atoms with E-state index in [9.17, 15) is 4.79 Å². The van der Waals surface area contributed by atoms with E-state index in [2.05, 4.69) is 10.3 Å². The lowest BCUT2D eigenvalue weighted by molar-refractivity contribution is -0.117. The third kappa shape index (κ3) is 2.74. The van der Waals surface area contributed by atoms with E-state index in [-0.39, 0.29) is 17.6 Å². The standard InChI is InChI=1S/C16H13ClN4O/c17-12-6-7-15(20-14(12)10-18)19-13-8-9-21(16(13)22)11-4-2-1-3-5-11/h1-7,13H,8-9H2,(H,19,20). The molecule has 0 spiro atoms. The maximum Gasteiger partial charge on any atom is 0.249 e. The number of nitrogens with one attached hydrogen (secondary N) is 1. The molecule has 1 saturated heterocycles. The number of para-hydroxylation sites is 1. The molecule has 1 fully saturated rings. The Kier molecular flexibility index (Phi) is 3.94. The van der Waals surface area contributed by atoms with Crippen LogP contribution in [-0.4, -0.2) is 23.5 Å². The van der Waals surface area contributed by atoms with E-state index >= 15 is 0 Å². The van der Waals surface area contributed by atoms with E-state index in [1.165, 1.54) is 0 Å². The Labute approximate surface area is 133 Å². The highest BCUT2D eigenvalue weighted by Gasteiger charge is 2.32. The quantitative estimate of drug-likeness (QED) is 0.946. The molecule has 22 heavy (non-hydrogen) atoms. The number of amides is 1. The number of anilines is 2. The molecule has 2 aromatic rings. The number of carbonyl (C=O) groups is 1. The summed E-state index contributed by atoms with van der Waals surface area (Å²) in [5, 5.41) is 12.3. The predicted octanol–water partition coefficient (Wildman–Crippen LogP) is 2.82. The van der Waals surface area contributed by atoms with Gasteiger partial charge in [-0.15, -0.1) is 0 Å². The normalized spacial score (nSPS) is 17.4. The van der Waals surface area contributed by atoms with Crippen LogP contribution in [0.4, 0.5) is 11.5 Å². The van der Waals surface area contributed by atoms with Crippen molar-refractivity contribution in [3.05, 3.63) is 53.2 Å². The number of carbonyl (C=O) groups excluding carboxylic acids is 1. The first-order valence-electron chi connectivity index (χ1n) is 6.88. The van der Waals surface area contributed by atoms with Gasteiger partial charge in [0.1, 0.15) is 17.9 Å². The van der Waals surface area contributed by atoms with Gasteiger partial charge < -0.3 is 10.2 Å². The van der Waals surface area contributed by atoms with Gasteiger partial charge in [-0.3, -0.25) is 4.79 Å². The molecule has 1 aliphatic heterocycles. The number of aromatic nitrogens is 1. The number of rotatable bonds is 3. The third-order valence-electron chi connectivity index (χ3n) is 3.55. The number of nitrogens with zero attached hydrogens (tertiary/aromatic N) is 3. The van der Waals surface area contributed by atoms with E-state index < -0.39 is 0 Å². The van der Waals surface area contributed by atoms with Crippen molar-refractivity contribution in [3.8, 4) is 6.07 Å². The van der Waals surface area contributed by atoms with Gasteiger partial charge in [0.05, 0.1) is 5.02 Å². The fraction of sp³-hybridized carbons (Fsp3) is 0.188. The van der Waals surface area contributed by atoms with E-state index in [1.807, 2.05) is 36.4 Å². The van der Waals surface area contributed by atoms with Gasteiger partial charge in [-0.2, -0.15) is 5.26 Å². The molecule has 1 unspecified atom stereocenters. The summed E-state index contributed by atoms with van der Waals surface area (Å²) in [6.45, 7) is 0.652. The zero-order valence-electron chi connectivity index (χ0n) is 11.7. The van der Waals surface area contributed by atoms with Crippen LogP contribution in [-0.2, 0) is 4.79 Å². The topological polar surface area (TPSA) is 69.0 Å². The average Bonchev–Trinajstić information content (AvgIpc) is 2.91. The predicted molar refractivity (Wildman–Crippen MR) is 84.8 cm³/mol. The van der Waals surface area contributed by atoms with Crippen LogP contribution in [0.1, 0.15) is 12.1 Å². The monoisotopic (exact) mass is 312 g/mol. The number of hydrogen-bond acceptors (Lipinski definition) is 4. The number of nitriles is 1. The first-order chi connectivity index (χ1) is 10.7. The van der Waals surface area contributed by atoms with Crippen molar-refractivity contribution in [2.75, 3.05) is 16.8 Å². The van der Waals surface area contributed by atoms with Crippen molar-refractivity contribution < 1.29 is 4.79 Å². The lowest BCUT2D eigenvalue weighted by Gasteiger charge is -2.17. The molecule has 1 atom stereocenters. The number of hydrogen-bond donors (Lipinski definition) is 1. The van der Waals surface area contributed by atoms with Gasteiger partial charge in [0.25, 0.3) is 0 Å². The van der Waals surface area contributed by atoms with Crippen molar-refractivity contribution in [1.82, 2.24) is 4.98 Å². The smallest absolute Gasteiger partial charge is 0.249 e. The van der Waals surface area contributed by atoms with Gasteiger partial charge in [0.15, 0.2) is 5.69 Å². The van der Waals surface area contributed by atoms with Gasteiger partial charge in [-0.05, 0) is 30.7 Å². The van der Waals surface area contributed by atoms with Crippen molar-refractivity contribution >= 4 is 29.0 Å².